The fourth-order valence-electron chi connectivity index (χ4n) is 2.64. The lowest BCUT2D eigenvalue weighted by molar-refractivity contribution is -0.142. The molecule has 0 aliphatic heterocycles. The maximum absolute atomic E-state index is 12.3. The molecule has 0 amide bonds. The molecule has 0 aliphatic rings. The highest BCUT2D eigenvalue weighted by Crippen LogP contribution is 2.39. The summed E-state index contributed by atoms with van der Waals surface area (Å²) < 4.78 is 6.43. The van der Waals surface area contributed by atoms with Crippen molar-refractivity contribution < 1.29 is 9.53 Å². The van der Waals surface area contributed by atoms with Gasteiger partial charge in [0.25, 0.3) is 0 Å². The number of hydrogen-bond acceptors (Lipinski definition) is 6. The van der Waals surface area contributed by atoms with E-state index in [1.165, 1.54) is 11.8 Å². The summed E-state index contributed by atoms with van der Waals surface area (Å²) in [6, 6.07) is 8.17. The number of aromatic nitrogens is 2. The van der Waals surface area contributed by atoms with Crippen LogP contribution in [0.1, 0.15) is 33.1 Å². The Morgan fingerprint density at radius 3 is 2.78 bits per heavy atom. The van der Waals surface area contributed by atoms with Crippen molar-refractivity contribution in [2.75, 3.05) is 6.61 Å². The molecule has 0 bridgehead atoms. The number of ether oxygens (including phenoxy) is 1. The molecule has 3 aromatic rings. The number of thioether (sulfide) groups is 1. The van der Waals surface area contributed by atoms with Crippen LogP contribution in [-0.4, -0.2) is 27.8 Å². The Balaban J connectivity index is 1.81. The van der Waals surface area contributed by atoms with E-state index in [2.05, 4.69) is 50.3 Å². The van der Waals surface area contributed by atoms with Crippen LogP contribution in [0.5, 0.6) is 0 Å². The molecule has 0 fully saturated rings. The van der Waals surface area contributed by atoms with E-state index in [0.29, 0.717) is 6.61 Å². The van der Waals surface area contributed by atoms with Crippen molar-refractivity contribution in [3.8, 4) is 11.1 Å². The van der Waals surface area contributed by atoms with Gasteiger partial charge in [-0.1, -0.05) is 59.6 Å². The second kappa shape index (κ2) is 9.66. The van der Waals surface area contributed by atoms with Crippen LogP contribution in [0.3, 0.4) is 0 Å². The number of carbonyl (C=O) groups excluding carboxylic acids is 1. The van der Waals surface area contributed by atoms with E-state index in [0.717, 1.165) is 50.1 Å². The standard InChI is InChI=1S/C20H21BrN2O2S2/c1-3-4-5-10-25-20(24)13(2)27-19-17-16(11-26-18(17)22-12-23-19)14-6-8-15(21)9-7-14/h6-9,11-13H,3-5,10H2,1-2H3. The third-order valence-corrected chi connectivity index (χ3v) is 6.60. The summed E-state index contributed by atoms with van der Waals surface area (Å²) in [6.45, 7) is 4.48. The van der Waals surface area contributed by atoms with E-state index >= 15 is 0 Å². The summed E-state index contributed by atoms with van der Waals surface area (Å²) in [5.74, 6) is -0.191. The van der Waals surface area contributed by atoms with Gasteiger partial charge in [-0.3, -0.25) is 4.79 Å². The van der Waals surface area contributed by atoms with Crippen molar-refractivity contribution in [2.45, 2.75) is 43.4 Å². The van der Waals surface area contributed by atoms with Crippen molar-refractivity contribution in [1.29, 1.82) is 0 Å². The fourth-order valence-corrected chi connectivity index (χ4v) is 4.81. The molecule has 0 radical (unpaired) electrons. The first-order chi connectivity index (χ1) is 13.1. The van der Waals surface area contributed by atoms with Gasteiger partial charge in [0.05, 0.1) is 12.0 Å². The van der Waals surface area contributed by atoms with Gasteiger partial charge in [-0.25, -0.2) is 9.97 Å². The lowest BCUT2D eigenvalue weighted by Crippen LogP contribution is -2.17. The summed E-state index contributed by atoms with van der Waals surface area (Å²) in [5.41, 5.74) is 2.20. The van der Waals surface area contributed by atoms with Crippen LogP contribution in [0.4, 0.5) is 0 Å². The minimum atomic E-state index is -0.317. The Bertz CT molecular complexity index is 912. The molecule has 7 heteroatoms. The molecule has 2 aromatic heterocycles. The fraction of sp³-hybridized carbons (Fsp3) is 0.350. The molecular formula is C20H21BrN2O2S2. The maximum atomic E-state index is 12.3. The van der Waals surface area contributed by atoms with Crippen molar-refractivity contribution >= 4 is 55.2 Å². The van der Waals surface area contributed by atoms with Crippen molar-refractivity contribution in [3.63, 3.8) is 0 Å². The highest BCUT2D eigenvalue weighted by atomic mass is 79.9. The van der Waals surface area contributed by atoms with Crippen LogP contribution in [0.15, 0.2) is 45.5 Å². The van der Waals surface area contributed by atoms with Crippen LogP contribution >= 0.6 is 39.0 Å². The second-order valence-corrected chi connectivity index (χ2v) is 9.25. The van der Waals surface area contributed by atoms with E-state index in [4.69, 9.17) is 4.74 Å². The molecule has 142 valence electrons. The summed E-state index contributed by atoms with van der Waals surface area (Å²) in [7, 11) is 0. The highest BCUT2D eigenvalue weighted by Gasteiger charge is 2.20. The molecule has 0 saturated heterocycles. The number of esters is 1. The molecule has 4 nitrogen and oxygen atoms in total. The summed E-state index contributed by atoms with van der Waals surface area (Å²) in [5, 5.41) is 3.60. The molecular weight excluding hydrogens is 444 g/mol. The van der Waals surface area contributed by atoms with Gasteiger partial charge >= 0.3 is 5.97 Å². The number of fused-ring (bicyclic) bond motifs is 1. The third-order valence-electron chi connectivity index (χ3n) is 4.10. The van der Waals surface area contributed by atoms with E-state index in [1.54, 1.807) is 17.7 Å². The predicted octanol–water partition coefficient (Wildman–Crippen LogP) is 6.33. The van der Waals surface area contributed by atoms with Crippen molar-refractivity contribution in [1.82, 2.24) is 9.97 Å². The molecule has 0 aliphatic carbocycles. The highest BCUT2D eigenvalue weighted by molar-refractivity contribution is 9.10. The number of nitrogens with zero attached hydrogens (tertiary/aromatic N) is 2. The summed E-state index contributed by atoms with van der Waals surface area (Å²) >= 11 is 6.50. The first-order valence-electron chi connectivity index (χ1n) is 8.91. The monoisotopic (exact) mass is 464 g/mol. The summed E-state index contributed by atoms with van der Waals surface area (Å²) in [6.07, 6.45) is 4.66. The lowest BCUT2D eigenvalue weighted by atomic mass is 10.1. The van der Waals surface area contributed by atoms with Crippen LogP contribution in [-0.2, 0) is 9.53 Å². The number of thiophene rings is 1. The van der Waals surface area contributed by atoms with Gasteiger partial charge in [-0.05, 0) is 31.0 Å². The maximum Gasteiger partial charge on any atom is 0.319 e. The van der Waals surface area contributed by atoms with Gasteiger partial charge in [0.2, 0.25) is 0 Å². The van der Waals surface area contributed by atoms with Gasteiger partial charge in [0.15, 0.2) is 0 Å². The zero-order chi connectivity index (χ0) is 19.2. The zero-order valence-electron chi connectivity index (χ0n) is 15.3. The first-order valence-corrected chi connectivity index (χ1v) is 11.5. The molecule has 1 atom stereocenters. The molecule has 3 rings (SSSR count). The topological polar surface area (TPSA) is 52.1 Å². The largest absolute Gasteiger partial charge is 0.465 e. The average molecular weight is 465 g/mol. The van der Waals surface area contributed by atoms with Crippen LogP contribution in [0.25, 0.3) is 21.3 Å². The van der Waals surface area contributed by atoms with E-state index in [1.807, 2.05) is 19.1 Å². The van der Waals surface area contributed by atoms with E-state index < -0.39 is 0 Å². The second-order valence-electron chi connectivity index (χ2n) is 6.15. The van der Waals surface area contributed by atoms with Crippen LogP contribution < -0.4 is 0 Å². The SMILES string of the molecule is CCCCCOC(=O)C(C)Sc1ncnc2scc(-c3ccc(Br)cc3)c12. The molecule has 0 saturated carbocycles. The molecule has 0 spiro atoms. The zero-order valence-corrected chi connectivity index (χ0v) is 18.5. The number of benzene rings is 1. The van der Waals surface area contributed by atoms with Gasteiger partial charge < -0.3 is 4.74 Å². The Labute approximate surface area is 175 Å². The van der Waals surface area contributed by atoms with Gasteiger partial charge in [-0.2, -0.15) is 0 Å². The minimum Gasteiger partial charge on any atom is -0.465 e. The lowest BCUT2D eigenvalue weighted by Gasteiger charge is -2.12. The molecule has 1 aromatic carbocycles. The van der Waals surface area contributed by atoms with Crippen LogP contribution in [0, 0.1) is 0 Å². The van der Waals surface area contributed by atoms with Gasteiger partial charge in [0.1, 0.15) is 21.4 Å². The Hall–Kier alpha value is -1.44. The number of unbranched alkanes of at least 4 members (excludes halogenated alkanes) is 2. The Kier molecular flexibility index (Phi) is 7.26. The molecule has 1 unspecified atom stereocenters. The van der Waals surface area contributed by atoms with E-state index in [9.17, 15) is 4.79 Å². The van der Waals surface area contributed by atoms with Crippen molar-refractivity contribution in [2.24, 2.45) is 0 Å². The Morgan fingerprint density at radius 1 is 1.26 bits per heavy atom. The summed E-state index contributed by atoms with van der Waals surface area (Å²) in [4.78, 5) is 22.1. The predicted molar refractivity (Wildman–Crippen MR) is 116 cm³/mol. The van der Waals surface area contributed by atoms with Gasteiger partial charge in [0, 0.05) is 15.4 Å². The number of halogens is 1. The van der Waals surface area contributed by atoms with Crippen LogP contribution in [0.2, 0.25) is 0 Å². The Morgan fingerprint density at radius 2 is 2.04 bits per heavy atom. The normalized spacial score (nSPS) is 12.3. The quantitative estimate of drug-likeness (QED) is 0.168. The smallest absolute Gasteiger partial charge is 0.319 e. The minimum absolute atomic E-state index is 0.191. The van der Waals surface area contributed by atoms with E-state index in [-0.39, 0.29) is 11.2 Å². The van der Waals surface area contributed by atoms with Gasteiger partial charge in [-0.15, -0.1) is 11.3 Å². The molecule has 0 N–H and O–H groups in total. The molecule has 27 heavy (non-hydrogen) atoms. The molecule has 2 heterocycles. The van der Waals surface area contributed by atoms with Crippen molar-refractivity contribution in [3.05, 3.63) is 40.4 Å². The third kappa shape index (κ3) is 5.09. The first kappa shape index (κ1) is 20.3. The number of hydrogen-bond donors (Lipinski definition) is 0. The average Bonchev–Trinajstić information content (AvgIpc) is 3.11. The number of carbonyl (C=O) groups is 1. The number of rotatable bonds is 8.